The lowest BCUT2D eigenvalue weighted by Crippen LogP contribution is -2.47. The molecular weight excluding hydrogens is 290 g/mol. The number of ketones is 1. The van der Waals surface area contributed by atoms with Gasteiger partial charge in [-0.3, -0.25) is 9.59 Å². The average molecular weight is 309 g/mol. The van der Waals surface area contributed by atoms with Crippen LogP contribution in [-0.4, -0.2) is 48.7 Å². The molecule has 2 saturated heterocycles. The minimum absolute atomic E-state index is 0.0488. The fourth-order valence-corrected chi connectivity index (χ4v) is 3.52. The molecule has 0 bridgehead atoms. The van der Waals surface area contributed by atoms with Crippen LogP contribution in [0.5, 0.6) is 0 Å². The molecule has 3 heterocycles. The van der Waals surface area contributed by atoms with Crippen LogP contribution in [0.15, 0.2) is 17.5 Å². The first-order valence-electron chi connectivity index (χ1n) is 7.31. The topological polar surface area (TPSA) is 55.8 Å². The third-order valence-corrected chi connectivity index (χ3v) is 4.96. The number of ether oxygens (including phenoxy) is 2. The number of likely N-dealkylation sites (tertiary alicyclic amines) is 1. The van der Waals surface area contributed by atoms with Crippen LogP contribution in [0.3, 0.4) is 0 Å². The van der Waals surface area contributed by atoms with E-state index in [1.165, 1.54) is 11.3 Å². The molecule has 0 aliphatic carbocycles. The maximum absolute atomic E-state index is 12.2. The highest BCUT2D eigenvalue weighted by Gasteiger charge is 2.40. The van der Waals surface area contributed by atoms with Gasteiger partial charge in [-0.2, -0.15) is 0 Å². The zero-order valence-corrected chi connectivity index (χ0v) is 12.7. The molecule has 114 valence electrons. The van der Waals surface area contributed by atoms with Crippen LogP contribution in [0.1, 0.15) is 35.4 Å². The third kappa shape index (κ3) is 3.33. The van der Waals surface area contributed by atoms with Gasteiger partial charge in [0.2, 0.25) is 5.91 Å². The van der Waals surface area contributed by atoms with Crippen LogP contribution < -0.4 is 0 Å². The van der Waals surface area contributed by atoms with Gasteiger partial charge in [-0.1, -0.05) is 6.07 Å². The number of piperidine rings is 1. The molecule has 1 aromatic heterocycles. The van der Waals surface area contributed by atoms with Crippen molar-refractivity contribution in [3.8, 4) is 0 Å². The van der Waals surface area contributed by atoms with Crippen LogP contribution in [0.4, 0.5) is 0 Å². The van der Waals surface area contributed by atoms with E-state index >= 15 is 0 Å². The van der Waals surface area contributed by atoms with Crippen LogP contribution in [0.2, 0.25) is 0 Å². The summed E-state index contributed by atoms with van der Waals surface area (Å²) in [4.78, 5) is 26.6. The van der Waals surface area contributed by atoms with E-state index in [0.717, 1.165) is 17.7 Å². The molecule has 1 aromatic rings. The van der Waals surface area contributed by atoms with E-state index in [9.17, 15) is 9.59 Å². The fourth-order valence-electron chi connectivity index (χ4n) is 2.82. The smallest absolute Gasteiger partial charge is 0.223 e. The van der Waals surface area contributed by atoms with Gasteiger partial charge in [-0.25, -0.2) is 0 Å². The molecule has 1 spiro atoms. The number of nitrogens with zero attached hydrogens (tertiary/aromatic N) is 1. The zero-order chi connectivity index (χ0) is 14.7. The zero-order valence-electron chi connectivity index (χ0n) is 11.9. The van der Waals surface area contributed by atoms with Crippen molar-refractivity contribution < 1.29 is 19.1 Å². The lowest BCUT2D eigenvalue weighted by molar-refractivity contribution is -0.187. The third-order valence-electron chi connectivity index (χ3n) is 4.05. The Morgan fingerprint density at radius 2 is 1.90 bits per heavy atom. The van der Waals surface area contributed by atoms with E-state index in [1.807, 2.05) is 16.3 Å². The van der Waals surface area contributed by atoms with Crippen molar-refractivity contribution in [1.82, 2.24) is 4.90 Å². The summed E-state index contributed by atoms with van der Waals surface area (Å²) in [6.07, 6.45) is 2.01. The summed E-state index contributed by atoms with van der Waals surface area (Å²) in [5.41, 5.74) is 0. The Morgan fingerprint density at radius 3 is 2.52 bits per heavy atom. The van der Waals surface area contributed by atoms with Gasteiger partial charge in [0, 0.05) is 38.8 Å². The molecule has 5 nitrogen and oxygen atoms in total. The first-order chi connectivity index (χ1) is 10.2. The second kappa shape index (κ2) is 6.25. The second-order valence-electron chi connectivity index (χ2n) is 5.39. The summed E-state index contributed by atoms with van der Waals surface area (Å²) in [6.45, 7) is 2.57. The van der Waals surface area contributed by atoms with Crippen molar-refractivity contribution in [3.63, 3.8) is 0 Å². The Bertz CT molecular complexity index is 498. The highest BCUT2D eigenvalue weighted by atomic mass is 32.1. The second-order valence-corrected chi connectivity index (χ2v) is 6.34. The molecule has 1 amide bonds. The summed E-state index contributed by atoms with van der Waals surface area (Å²) < 4.78 is 11.3. The molecule has 0 N–H and O–H groups in total. The number of rotatable bonds is 4. The largest absolute Gasteiger partial charge is 0.347 e. The van der Waals surface area contributed by atoms with Crippen LogP contribution >= 0.6 is 11.3 Å². The first-order valence-corrected chi connectivity index (χ1v) is 8.19. The molecule has 2 aliphatic heterocycles. The van der Waals surface area contributed by atoms with Gasteiger partial charge < -0.3 is 14.4 Å². The minimum atomic E-state index is -0.455. The van der Waals surface area contributed by atoms with Gasteiger partial charge in [0.15, 0.2) is 11.6 Å². The molecule has 0 unspecified atom stereocenters. The average Bonchev–Trinajstić information content (AvgIpc) is 3.17. The number of hydrogen-bond donors (Lipinski definition) is 0. The quantitative estimate of drug-likeness (QED) is 0.799. The number of thiophene rings is 1. The monoisotopic (exact) mass is 309 g/mol. The van der Waals surface area contributed by atoms with E-state index in [1.54, 1.807) is 6.07 Å². The van der Waals surface area contributed by atoms with E-state index < -0.39 is 5.79 Å². The van der Waals surface area contributed by atoms with Crippen LogP contribution in [-0.2, 0) is 14.3 Å². The van der Waals surface area contributed by atoms with Crippen molar-refractivity contribution in [1.29, 1.82) is 0 Å². The Kier molecular flexibility index (Phi) is 4.37. The number of amides is 1. The number of carbonyl (C=O) groups excluding carboxylic acids is 2. The Morgan fingerprint density at radius 1 is 1.19 bits per heavy atom. The normalized spacial score (nSPS) is 20.9. The highest BCUT2D eigenvalue weighted by Crippen LogP contribution is 2.31. The molecule has 0 radical (unpaired) electrons. The lowest BCUT2D eigenvalue weighted by Gasteiger charge is -2.37. The van der Waals surface area contributed by atoms with Gasteiger partial charge in [-0.15, -0.1) is 11.3 Å². The van der Waals surface area contributed by atoms with E-state index in [4.69, 9.17) is 9.47 Å². The molecular formula is C15H19NO4S. The van der Waals surface area contributed by atoms with E-state index in [0.29, 0.717) is 26.3 Å². The van der Waals surface area contributed by atoms with Gasteiger partial charge in [-0.05, 0) is 11.4 Å². The number of carbonyl (C=O) groups is 2. The highest BCUT2D eigenvalue weighted by molar-refractivity contribution is 7.12. The first kappa shape index (κ1) is 14.7. The summed E-state index contributed by atoms with van der Waals surface area (Å²) in [5.74, 6) is -0.356. The molecule has 6 heteroatoms. The van der Waals surface area contributed by atoms with Crippen molar-refractivity contribution in [3.05, 3.63) is 22.4 Å². The Balaban J connectivity index is 1.45. The molecule has 3 rings (SSSR count). The van der Waals surface area contributed by atoms with Crippen molar-refractivity contribution in [2.45, 2.75) is 31.5 Å². The predicted molar refractivity (Wildman–Crippen MR) is 78.3 cm³/mol. The maximum atomic E-state index is 12.2. The molecule has 0 aromatic carbocycles. The molecule has 2 fully saturated rings. The molecule has 0 atom stereocenters. The Labute approximate surface area is 127 Å². The van der Waals surface area contributed by atoms with Crippen LogP contribution in [0.25, 0.3) is 0 Å². The lowest BCUT2D eigenvalue weighted by atomic mass is 10.0. The molecule has 2 aliphatic rings. The fraction of sp³-hybridized carbons (Fsp3) is 0.600. The predicted octanol–water partition coefficient (Wildman–Crippen LogP) is 2.08. The summed E-state index contributed by atoms with van der Waals surface area (Å²) in [5, 5.41) is 1.88. The van der Waals surface area contributed by atoms with Gasteiger partial charge in [0.25, 0.3) is 0 Å². The van der Waals surface area contributed by atoms with Crippen LogP contribution in [0, 0.1) is 0 Å². The summed E-state index contributed by atoms with van der Waals surface area (Å²) in [7, 11) is 0. The standard InChI is InChI=1S/C15H19NO4S/c17-12(13-2-1-11-21-13)3-4-14(18)16-7-5-15(6-8-16)19-9-10-20-15/h1-2,11H,3-10H2. The summed E-state index contributed by atoms with van der Waals surface area (Å²) in [6, 6.07) is 3.66. The molecule has 21 heavy (non-hydrogen) atoms. The van der Waals surface area contributed by atoms with E-state index in [2.05, 4.69) is 0 Å². The summed E-state index contributed by atoms with van der Waals surface area (Å²) >= 11 is 1.42. The van der Waals surface area contributed by atoms with Gasteiger partial charge in [0.05, 0.1) is 18.1 Å². The molecule has 0 saturated carbocycles. The minimum Gasteiger partial charge on any atom is -0.347 e. The SMILES string of the molecule is O=C(CCC(=O)N1CCC2(CC1)OCCO2)c1cccs1. The van der Waals surface area contributed by atoms with E-state index in [-0.39, 0.29) is 24.5 Å². The van der Waals surface area contributed by atoms with Gasteiger partial charge in [0.1, 0.15) is 0 Å². The van der Waals surface area contributed by atoms with Crippen molar-refractivity contribution in [2.24, 2.45) is 0 Å². The maximum Gasteiger partial charge on any atom is 0.223 e. The van der Waals surface area contributed by atoms with Crippen molar-refractivity contribution >= 4 is 23.0 Å². The number of hydrogen-bond acceptors (Lipinski definition) is 5. The Hall–Kier alpha value is -1.24. The number of Topliss-reactive ketones (excluding diaryl/α,β-unsaturated/α-hetero) is 1. The van der Waals surface area contributed by atoms with Crippen molar-refractivity contribution in [2.75, 3.05) is 26.3 Å². The van der Waals surface area contributed by atoms with Gasteiger partial charge >= 0.3 is 0 Å².